The van der Waals surface area contributed by atoms with Crippen LogP contribution in [0.3, 0.4) is 0 Å². The van der Waals surface area contributed by atoms with Crippen molar-refractivity contribution in [1.29, 1.82) is 0 Å². The highest BCUT2D eigenvalue weighted by Crippen LogP contribution is 2.38. The lowest BCUT2D eigenvalue weighted by Crippen LogP contribution is -2.08. The first-order chi connectivity index (χ1) is 29.5. The number of nitrogens with one attached hydrogen (secondary N) is 3. The van der Waals surface area contributed by atoms with Gasteiger partial charge in [-0.25, -0.2) is 19.5 Å². The van der Waals surface area contributed by atoms with Gasteiger partial charge in [0, 0.05) is 32.3 Å². The molecule has 304 valence electrons. The van der Waals surface area contributed by atoms with Gasteiger partial charge in [0.25, 0.3) is 0 Å². The maximum atomic E-state index is 10.5. The third-order valence-corrected chi connectivity index (χ3v) is 9.88. The molecule has 0 radical (unpaired) electrons. The molecule has 0 atom stereocenters. The second-order valence-electron chi connectivity index (χ2n) is 13.6. The Morgan fingerprint density at radius 3 is 2.00 bits per heavy atom. The molecule has 1 aliphatic heterocycles. The zero-order valence-corrected chi connectivity index (χ0v) is 34.3. The molecule has 17 nitrogen and oxygen atoms in total. The standard InChI is InChI=1S/C21H16ClN7O.C15H11ClN2O.C6H7N5O/c1-11-17(21-27-26-12(2)29(21)28-11)23-20-18(15-10-14(22)8-9-16(15)30)24-19(25-20)13-6-4-3-5-7-13;16-11-6-7-14(19)12(8-11)13-9-17-15(18-13)10-4-2-1-3-5-10;1-3-5(10-12)6-8-7-4(2)11(6)9-3/h3-10,30H,1-2H3,(H,24,25);1-9,19H,(H,17,18);9H,1-2H3. The molecule has 9 aromatic rings. The van der Waals surface area contributed by atoms with Crippen LogP contribution in [0.4, 0.5) is 11.5 Å². The molecule has 0 saturated carbocycles. The van der Waals surface area contributed by atoms with Crippen molar-refractivity contribution in [3.8, 4) is 56.8 Å². The molecule has 10 rings (SSSR count). The predicted molar refractivity (Wildman–Crippen MR) is 234 cm³/mol. The zero-order chi connectivity index (χ0) is 42.8. The molecule has 0 bridgehead atoms. The minimum absolute atomic E-state index is 0.0694. The van der Waals surface area contributed by atoms with E-state index in [1.807, 2.05) is 74.5 Å². The lowest BCUT2D eigenvalue weighted by Gasteiger charge is -2.04. The second kappa shape index (κ2) is 16.8. The van der Waals surface area contributed by atoms with Gasteiger partial charge in [0.05, 0.1) is 29.0 Å². The van der Waals surface area contributed by atoms with Crippen LogP contribution < -0.4 is 0 Å². The molecular formula is C42H34Cl2N14O3. The van der Waals surface area contributed by atoms with Gasteiger partial charge in [0.2, 0.25) is 11.5 Å². The Bertz CT molecular complexity index is 3110. The number of halogens is 2. The van der Waals surface area contributed by atoms with Crippen molar-refractivity contribution in [3.05, 3.63) is 141 Å². The molecule has 0 amide bonds. The smallest absolute Gasteiger partial charge is 0.207 e. The summed E-state index contributed by atoms with van der Waals surface area (Å²) in [7, 11) is 0. The Hall–Kier alpha value is -7.76. The van der Waals surface area contributed by atoms with Crippen LogP contribution in [0, 0.1) is 25.7 Å². The van der Waals surface area contributed by atoms with Gasteiger partial charge in [-0.3, -0.25) is 5.10 Å². The number of rotatable bonds is 6. The van der Waals surface area contributed by atoms with Crippen LogP contribution in [0.2, 0.25) is 10.0 Å². The summed E-state index contributed by atoms with van der Waals surface area (Å²) >= 11 is 12.1. The number of nitrogens with zero attached hydrogens (tertiary/aromatic N) is 11. The Balaban J connectivity index is 0.000000141. The molecule has 0 spiro atoms. The van der Waals surface area contributed by atoms with Gasteiger partial charge in [-0.2, -0.15) is 9.78 Å². The van der Waals surface area contributed by atoms with E-state index in [4.69, 9.17) is 33.2 Å². The van der Waals surface area contributed by atoms with Crippen LogP contribution in [0.15, 0.2) is 119 Å². The summed E-state index contributed by atoms with van der Waals surface area (Å²) < 4.78 is 3.28. The average molecular weight is 854 g/mol. The molecule has 4 aromatic carbocycles. The predicted octanol–water partition coefficient (Wildman–Crippen LogP) is 9.54. The first kappa shape index (κ1) is 40.0. The number of aromatic amines is 3. The summed E-state index contributed by atoms with van der Waals surface area (Å²) in [4.78, 5) is 30.6. The highest BCUT2D eigenvalue weighted by Gasteiger charge is 2.26. The third-order valence-electron chi connectivity index (χ3n) is 9.41. The quantitative estimate of drug-likeness (QED) is 0.100. The number of hydrogen-bond donors (Lipinski definition) is 5. The van der Waals surface area contributed by atoms with Crippen molar-refractivity contribution in [2.45, 2.75) is 27.7 Å². The number of hydrogen-bond acceptors (Lipinski definition) is 12. The molecule has 5 aromatic heterocycles. The first-order valence-corrected chi connectivity index (χ1v) is 19.3. The Morgan fingerprint density at radius 2 is 1.33 bits per heavy atom. The van der Waals surface area contributed by atoms with Gasteiger partial charge >= 0.3 is 0 Å². The SMILES string of the molecule is CC1=Nn2c(C)nnc2C1=Nc1nc(-c2ccccc2)[nH]c1-c1cc(Cl)ccc1O.Cc1[nH]n2c(C)nnc2c1N=O.Oc1ccc(Cl)cc1-c1cnc(-c2ccccc2)[nH]1. The minimum atomic E-state index is 0.0694. The lowest BCUT2D eigenvalue weighted by atomic mass is 10.1. The Morgan fingerprint density at radius 1 is 0.705 bits per heavy atom. The average Bonchev–Trinajstić information content (AvgIpc) is 4.14. The number of fused-ring (bicyclic) bond motifs is 2. The van der Waals surface area contributed by atoms with Crippen LogP contribution in [-0.4, -0.2) is 76.3 Å². The number of imidazole rings is 2. The fourth-order valence-corrected chi connectivity index (χ4v) is 6.71. The van der Waals surface area contributed by atoms with E-state index in [2.05, 4.69) is 50.7 Å². The fraction of sp³-hybridized carbons (Fsp3) is 0.0952. The number of H-pyrrole nitrogens is 3. The van der Waals surface area contributed by atoms with Crippen molar-refractivity contribution < 1.29 is 10.2 Å². The summed E-state index contributed by atoms with van der Waals surface area (Å²) in [6.07, 6.45) is 1.69. The van der Waals surface area contributed by atoms with E-state index in [9.17, 15) is 15.1 Å². The lowest BCUT2D eigenvalue weighted by molar-refractivity contribution is 0.476. The summed E-state index contributed by atoms with van der Waals surface area (Å²) in [5, 5.41) is 47.5. The van der Waals surface area contributed by atoms with Crippen LogP contribution in [0.25, 0.3) is 50.9 Å². The highest BCUT2D eigenvalue weighted by atomic mass is 35.5. The number of aromatic hydroxyl groups is 2. The Labute approximate surface area is 356 Å². The van der Waals surface area contributed by atoms with Gasteiger partial charge in [-0.15, -0.1) is 25.3 Å². The van der Waals surface area contributed by atoms with Crippen molar-refractivity contribution in [1.82, 2.24) is 54.6 Å². The maximum Gasteiger partial charge on any atom is 0.207 e. The van der Waals surface area contributed by atoms with E-state index in [0.717, 1.165) is 22.6 Å². The largest absolute Gasteiger partial charge is 0.507 e. The molecule has 5 N–H and O–H groups in total. The van der Waals surface area contributed by atoms with E-state index in [1.165, 1.54) is 0 Å². The van der Waals surface area contributed by atoms with Crippen LogP contribution in [-0.2, 0) is 0 Å². The normalized spacial score (nSPS) is 12.4. The van der Waals surface area contributed by atoms with E-state index in [1.54, 1.807) is 65.6 Å². The van der Waals surface area contributed by atoms with E-state index in [-0.39, 0.29) is 11.5 Å². The van der Waals surface area contributed by atoms with Crippen molar-refractivity contribution in [2.24, 2.45) is 15.3 Å². The van der Waals surface area contributed by atoms with E-state index in [0.29, 0.717) is 84.4 Å². The monoisotopic (exact) mass is 852 g/mol. The Kier molecular flexibility index (Phi) is 11.1. The number of aliphatic imine (C=N–C) groups is 1. The third kappa shape index (κ3) is 8.14. The molecular weight excluding hydrogens is 819 g/mol. The number of phenolic OH excluding ortho intramolecular Hbond substituents is 2. The van der Waals surface area contributed by atoms with Gasteiger partial charge < -0.3 is 20.2 Å². The number of phenols is 2. The first-order valence-electron chi connectivity index (χ1n) is 18.5. The zero-order valence-electron chi connectivity index (χ0n) is 32.8. The van der Waals surface area contributed by atoms with Gasteiger partial charge in [-0.05, 0) is 69.3 Å². The molecule has 0 aliphatic carbocycles. The number of aryl methyl sites for hydroxylation is 3. The minimum Gasteiger partial charge on any atom is -0.507 e. The van der Waals surface area contributed by atoms with E-state index >= 15 is 0 Å². The summed E-state index contributed by atoms with van der Waals surface area (Å²) in [5.41, 5.74) is 7.11. The maximum absolute atomic E-state index is 10.5. The van der Waals surface area contributed by atoms with Crippen LogP contribution in [0.5, 0.6) is 11.5 Å². The van der Waals surface area contributed by atoms with Gasteiger partial charge in [-0.1, -0.05) is 83.9 Å². The van der Waals surface area contributed by atoms with Gasteiger partial charge in [0.15, 0.2) is 17.3 Å². The molecule has 0 saturated heterocycles. The summed E-state index contributed by atoms with van der Waals surface area (Å²) in [5.74, 6) is 3.95. The van der Waals surface area contributed by atoms with Crippen LogP contribution >= 0.6 is 23.2 Å². The topological polar surface area (TPSA) is 229 Å². The van der Waals surface area contributed by atoms with Gasteiger partial charge in [0.1, 0.15) is 34.7 Å². The van der Waals surface area contributed by atoms with Crippen molar-refractivity contribution in [3.63, 3.8) is 0 Å². The van der Waals surface area contributed by atoms with Crippen molar-refractivity contribution in [2.75, 3.05) is 0 Å². The number of aromatic nitrogens is 11. The fourth-order valence-electron chi connectivity index (χ4n) is 6.37. The molecule has 0 unspecified atom stereocenters. The molecule has 0 fully saturated rings. The highest BCUT2D eigenvalue weighted by molar-refractivity contribution is 6.48. The van der Waals surface area contributed by atoms with Crippen molar-refractivity contribution >= 4 is 51.8 Å². The number of nitroso groups, excluding NO2 is 1. The summed E-state index contributed by atoms with van der Waals surface area (Å²) in [6, 6.07) is 29.3. The molecule has 6 heterocycles. The van der Waals surface area contributed by atoms with E-state index < -0.39 is 0 Å². The number of benzene rings is 4. The van der Waals surface area contributed by atoms with Crippen LogP contribution in [0.1, 0.15) is 30.1 Å². The second-order valence-corrected chi connectivity index (χ2v) is 14.5. The molecule has 61 heavy (non-hydrogen) atoms. The summed E-state index contributed by atoms with van der Waals surface area (Å²) in [6.45, 7) is 7.25. The molecule has 19 heteroatoms. The molecule has 1 aliphatic rings.